The first-order chi connectivity index (χ1) is 6.97. The molecule has 0 heterocycles. The van der Waals surface area contributed by atoms with Crippen LogP contribution in [-0.2, 0) is 9.84 Å². The van der Waals surface area contributed by atoms with Crippen LogP contribution in [0.15, 0.2) is 23.1 Å². The van der Waals surface area contributed by atoms with Gasteiger partial charge < -0.3 is 0 Å². The summed E-state index contributed by atoms with van der Waals surface area (Å²) in [6, 6.07) is 5.24. The second-order valence-electron chi connectivity index (χ2n) is 3.15. The van der Waals surface area contributed by atoms with Crippen LogP contribution in [0.1, 0.15) is 31.9 Å². The Balaban J connectivity index is 0.000000921. The number of rotatable bonds is 2. The molecule has 0 aromatic heterocycles. The number of hydrogen-bond donors (Lipinski definition) is 0. The highest BCUT2D eigenvalue weighted by molar-refractivity contribution is 7.91. The Morgan fingerprint density at radius 2 is 1.60 bits per heavy atom. The average Bonchev–Trinajstić information content (AvgIpc) is 2.25. The van der Waals surface area contributed by atoms with Gasteiger partial charge in [0.05, 0.1) is 10.6 Å². The minimum absolute atomic E-state index is 0.162. The van der Waals surface area contributed by atoms with Gasteiger partial charge in [-0.25, -0.2) is 8.42 Å². The van der Waals surface area contributed by atoms with Gasteiger partial charge in [0.15, 0.2) is 9.84 Å². The third-order valence-electron chi connectivity index (χ3n) is 2.22. The first-order valence-corrected chi connectivity index (χ1v) is 6.92. The van der Waals surface area contributed by atoms with Crippen LogP contribution >= 0.6 is 0 Å². The summed E-state index contributed by atoms with van der Waals surface area (Å²) in [5, 5.41) is 0. The van der Waals surface area contributed by atoms with Crippen LogP contribution < -0.4 is 0 Å². The van der Waals surface area contributed by atoms with E-state index in [4.69, 9.17) is 0 Å². The maximum atomic E-state index is 11.5. The highest BCUT2D eigenvalue weighted by Crippen LogP contribution is 2.15. The van der Waals surface area contributed by atoms with E-state index in [0.29, 0.717) is 4.90 Å². The summed E-state index contributed by atoms with van der Waals surface area (Å²) in [4.78, 5) is 0.429. The van der Waals surface area contributed by atoms with E-state index in [-0.39, 0.29) is 5.75 Å². The van der Waals surface area contributed by atoms with Crippen molar-refractivity contribution in [1.82, 2.24) is 0 Å². The molecule has 0 N–H and O–H groups in total. The van der Waals surface area contributed by atoms with Gasteiger partial charge in [-0.2, -0.15) is 0 Å². The molecule has 0 radical (unpaired) electrons. The monoisotopic (exact) mass is 228 g/mol. The molecular formula is C12H20O2S. The van der Waals surface area contributed by atoms with Crippen LogP contribution in [0.3, 0.4) is 0 Å². The Morgan fingerprint density at radius 3 is 2.00 bits per heavy atom. The summed E-state index contributed by atoms with van der Waals surface area (Å²) in [6.45, 7) is 9.55. The lowest BCUT2D eigenvalue weighted by Crippen LogP contribution is -2.03. The lowest BCUT2D eigenvalue weighted by molar-refractivity contribution is 0.597. The molecule has 1 rings (SSSR count). The first-order valence-electron chi connectivity index (χ1n) is 5.27. The summed E-state index contributed by atoms with van der Waals surface area (Å²) in [5.74, 6) is 0.162. The van der Waals surface area contributed by atoms with E-state index in [0.717, 1.165) is 11.1 Å². The molecule has 0 amide bonds. The van der Waals surface area contributed by atoms with Crippen molar-refractivity contribution < 1.29 is 8.42 Å². The molecule has 0 aliphatic heterocycles. The Hall–Kier alpha value is -0.830. The molecule has 0 atom stereocenters. The molecule has 0 aliphatic rings. The maximum Gasteiger partial charge on any atom is 0.178 e. The minimum atomic E-state index is -3.04. The van der Waals surface area contributed by atoms with Gasteiger partial charge in [-0.1, -0.05) is 26.8 Å². The standard InChI is InChI=1S/C10H14O2S.C2H6/c1-4-13(11,12)10-6-5-8(2)9(3)7-10;1-2/h5-7H,4H2,1-3H3;1-2H3. The Kier molecular flexibility index (Phi) is 5.58. The molecule has 86 valence electrons. The quantitative estimate of drug-likeness (QED) is 0.779. The van der Waals surface area contributed by atoms with Gasteiger partial charge in [0.2, 0.25) is 0 Å². The van der Waals surface area contributed by atoms with Gasteiger partial charge in [-0.3, -0.25) is 0 Å². The molecule has 0 fully saturated rings. The highest BCUT2D eigenvalue weighted by atomic mass is 32.2. The fourth-order valence-electron chi connectivity index (χ4n) is 1.07. The van der Waals surface area contributed by atoms with Crippen LogP contribution in [0, 0.1) is 13.8 Å². The number of sulfone groups is 1. The number of hydrogen-bond acceptors (Lipinski definition) is 2. The topological polar surface area (TPSA) is 34.1 Å². The van der Waals surface area contributed by atoms with E-state index in [1.54, 1.807) is 19.1 Å². The molecule has 0 bridgehead atoms. The molecule has 0 aliphatic carbocycles. The van der Waals surface area contributed by atoms with Crippen molar-refractivity contribution >= 4 is 9.84 Å². The average molecular weight is 228 g/mol. The van der Waals surface area contributed by atoms with E-state index >= 15 is 0 Å². The van der Waals surface area contributed by atoms with Crippen molar-refractivity contribution in [3.8, 4) is 0 Å². The van der Waals surface area contributed by atoms with Gasteiger partial charge in [-0.05, 0) is 37.1 Å². The van der Waals surface area contributed by atoms with E-state index in [1.165, 1.54) is 0 Å². The maximum absolute atomic E-state index is 11.5. The van der Waals surface area contributed by atoms with E-state index < -0.39 is 9.84 Å². The molecule has 3 heteroatoms. The Bertz CT molecular complexity index is 406. The third-order valence-corrected chi connectivity index (χ3v) is 3.95. The largest absolute Gasteiger partial charge is 0.224 e. The molecule has 1 aromatic rings. The normalized spacial score (nSPS) is 10.5. The predicted molar refractivity (Wildman–Crippen MR) is 65.0 cm³/mol. The molecule has 0 saturated heterocycles. The lowest BCUT2D eigenvalue weighted by atomic mass is 10.1. The van der Waals surface area contributed by atoms with Gasteiger partial charge in [0.25, 0.3) is 0 Å². The second kappa shape index (κ2) is 5.91. The molecule has 0 unspecified atom stereocenters. The van der Waals surface area contributed by atoms with Crippen LogP contribution in [0.5, 0.6) is 0 Å². The predicted octanol–water partition coefficient (Wildman–Crippen LogP) is 3.12. The lowest BCUT2D eigenvalue weighted by Gasteiger charge is -2.04. The van der Waals surface area contributed by atoms with Crippen LogP contribution in [-0.4, -0.2) is 14.2 Å². The van der Waals surface area contributed by atoms with Crippen LogP contribution in [0.4, 0.5) is 0 Å². The third kappa shape index (κ3) is 3.67. The zero-order chi connectivity index (χ0) is 12.1. The number of benzene rings is 1. The van der Waals surface area contributed by atoms with Crippen molar-refractivity contribution in [3.63, 3.8) is 0 Å². The van der Waals surface area contributed by atoms with Gasteiger partial charge >= 0.3 is 0 Å². The zero-order valence-electron chi connectivity index (χ0n) is 10.2. The SMILES string of the molecule is CC.CCS(=O)(=O)c1ccc(C)c(C)c1. The van der Waals surface area contributed by atoms with Gasteiger partial charge in [-0.15, -0.1) is 0 Å². The van der Waals surface area contributed by atoms with Gasteiger partial charge in [0.1, 0.15) is 0 Å². The van der Waals surface area contributed by atoms with Crippen molar-refractivity contribution in [2.24, 2.45) is 0 Å². The Morgan fingerprint density at radius 1 is 1.07 bits per heavy atom. The fourth-order valence-corrected chi connectivity index (χ4v) is 2.04. The van der Waals surface area contributed by atoms with E-state index in [2.05, 4.69) is 0 Å². The summed E-state index contributed by atoms with van der Waals surface area (Å²) in [5.41, 5.74) is 2.14. The summed E-state index contributed by atoms with van der Waals surface area (Å²) in [7, 11) is -3.04. The van der Waals surface area contributed by atoms with Crippen LogP contribution in [0.2, 0.25) is 0 Å². The summed E-state index contributed by atoms with van der Waals surface area (Å²) < 4.78 is 22.9. The Labute approximate surface area is 93.3 Å². The van der Waals surface area contributed by atoms with Crippen molar-refractivity contribution in [2.45, 2.75) is 39.5 Å². The fraction of sp³-hybridized carbons (Fsp3) is 0.500. The summed E-state index contributed by atoms with van der Waals surface area (Å²) >= 11 is 0. The second-order valence-corrected chi connectivity index (χ2v) is 5.43. The first kappa shape index (κ1) is 14.2. The smallest absolute Gasteiger partial charge is 0.178 e. The summed E-state index contributed by atoms with van der Waals surface area (Å²) in [6.07, 6.45) is 0. The number of aryl methyl sites for hydroxylation is 2. The highest BCUT2D eigenvalue weighted by Gasteiger charge is 2.11. The molecule has 1 aromatic carbocycles. The van der Waals surface area contributed by atoms with Crippen molar-refractivity contribution in [2.75, 3.05) is 5.75 Å². The van der Waals surface area contributed by atoms with Gasteiger partial charge in [0, 0.05) is 0 Å². The van der Waals surface area contributed by atoms with Crippen molar-refractivity contribution in [3.05, 3.63) is 29.3 Å². The molecule has 2 nitrogen and oxygen atoms in total. The van der Waals surface area contributed by atoms with E-state index in [9.17, 15) is 8.42 Å². The molecule has 0 spiro atoms. The zero-order valence-corrected chi connectivity index (χ0v) is 11.0. The molecular weight excluding hydrogens is 208 g/mol. The minimum Gasteiger partial charge on any atom is -0.224 e. The van der Waals surface area contributed by atoms with E-state index in [1.807, 2.05) is 33.8 Å². The van der Waals surface area contributed by atoms with Crippen LogP contribution in [0.25, 0.3) is 0 Å². The molecule has 15 heavy (non-hydrogen) atoms. The van der Waals surface area contributed by atoms with Crippen molar-refractivity contribution in [1.29, 1.82) is 0 Å². The molecule has 0 saturated carbocycles.